The summed E-state index contributed by atoms with van der Waals surface area (Å²) in [5.74, 6) is 1.74. The van der Waals surface area contributed by atoms with Crippen LogP contribution in [0.1, 0.15) is 46.0 Å². The fourth-order valence-corrected chi connectivity index (χ4v) is 4.54. The molecule has 2 heteroatoms. The summed E-state index contributed by atoms with van der Waals surface area (Å²) in [6.45, 7) is 4.06. The smallest absolute Gasteiger partial charge is 0.0676 e. The Hall–Kier alpha value is -0.0800. The van der Waals surface area contributed by atoms with Crippen molar-refractivity contribution in [2.45, 2.75) is 57.2 Å². The SMILES string of the molecule is C[C@]1(O)[C@@H]2C[C@@H]3C[C@H]1CC[C@H](C2)[C@@]3(C)O. The summed E-state index contributed by atoms with van der Waals surface area (Å²) in [6, 6.07) is 0. The van der Waals surface area contributed by atoms with Crippen LogP contribution in [-0.2, 0) is 0 Å². The highest BCUT2D eigenvalue weighted by atomic mass is 16.3. The molecule has 6 atom stereocenters. The largest absolute Gasteiger partial charge is 0.390 e. The number of fused-ring (bicyclic) bond motifs is 1. The van der Waals surface area contributed by atoms with Crippen LogP contribution in [0.3, 0.4) is 0 Å². The third-order valence-corrected chi connectivity index (χ3v) is 5.88. The zero-order valence-electron chi connectivity index (χ0n) is 9.74. The van der Waals surface area contributed by atoms with Crippen LogP contribution >= 0.6 is 0 Å². The van der Waals surface area contributed by atoms with Crippen LogP contribution in [0.2, 0.25) is 0 Å². The van der Waals surface area contributed by atoms with E-state index in [-0.39, 0.29) is 0 Å². The molecule has 0 heterocycles. The Labute approximate surface area is 91.7 Å². The molecule has 0 unspecified atom stereocenters. The van der Waals surface area contributed by atoms with E-state index in [0.717, 1.165) is 32.1 Å². The van der Waals surface area contributed by atoms with Gasteiger partial charge in [0.05, 0.1) is 11.2 Å². The summed E-state index contributed by atoms with van der Waals surface area (Å²) in [7, 11) is 0. The molecular formula is C13H22O2. The van der Waals surface area contributed by atoms with Gasteiger partial charge in [0.1, 0.15) is 0 Å². The molecule has 4 bridgehead atoms. The second kappa shape index (κ2) is 2.78. The van der Waals surface area contributed by atoms with Crippen LogP contribution < -0.4 is 0 Å². The maximum Gasteiger partial charge on any atom is 0.0676 e. The zero-order valence-corrected chi connectivity index (χ0v) is 9.74. The second-order valence-electron chi connectivity index (χ2n) is 6.52. The van der Waals surface area contributed by atoms with E-state index in [9.17, 15) is 10.2 Å². The van der Waals surface area contributed by atoms with E-state index in [2.05, 4.69) is 0 Å². The van der Waals surface area contributed by atoms with Crippen LogP contribution in [0.5, 0.6) is 0 Å². The fraction of sp³-hybridized carbons (Fsp3) is 1.00. The molecule has 4 saturated carbocycles. The molecule has 0 aromatic heterocycles. The van der Waals surface area contributed by atoms with Crippen molar-refractivity contribution in [1.29, 1.82) is 0 Å². The molecule has 86 valence electrons. The molecular weight excluding hydrogens is 188 g/mol. The Balaban J connectivity index is 2.01. The van der Waals surface area contributed by atoms with Crippen LogP contribution in [0, 0.1) is 23.7 Å². The molecule has 0 aromatic rings. The van der Waals surface area contributed by atoms with Gasteiger partial charge < -0.3 is 10.2 Å². The summed E-state index contributed by atoms with van der Waals surface area (Å²) < 4.78 is 0. The average molecular weight is 210 g/mol. The number of hydrogen-bond acceptors (Lipinski definition) is 2. The Morgan fingerprint density at radius 1 is 0.733 bits per heavy atom. The molecule has 0 amide bonds. The van der Waals surface area contributed by atoms with Crippen molar-refractivity contribution in [2.75, 3.05) is 0 Å². The highest BCUT2D eigenvalue weighted by Crippen LogP contribution is 2.59. The third-order valence-electron chi connectivity index (χ3n) is 5.88. The maximum absolute atomic E-state index is 10.6. The van der Waals surface area contributed by atoms with E-state index in [4.69, 9.17) is 0 Å². The van der Waals surface area contributed by atoms with Gasteiger partial charge in [0.2, 0.25) is 0 Å². The summed E-state index contributed by atoms with van der Waals surface area (Å²) in [5, 5.41) is 21.1. The average Bonchev–Trinajstić information content (AvgIpc) is 2.30. The van der Waals surface area contributed by atoms with Gasteiger partial charge in [-0.15, -0.1) is 0 Å². The lowest BCUT2D eigenvalue weighted by molar-refractivity contribution is -0.168. The summed E-state index contributed by atoms with van der Waals surface area (Å²) in [4.78, 5) is 0. The lowest BCUT2D eigenvalue weighted by atomic mass is 9.56. The van der Waals surface area contributed by atoms with Gasteiger partial charge >= 0.3 is 0 Å². The summed E-state index contributed by atoms with van der Waals surface area (Å²) >= 11 is 0. The topological polar surface area (TPSA) is 40.5 Å². The van der Waals surface area contributed by atoms with Crippen LogP contribution in [0.15, 0.2) is 0 Å². The van der Waals surface area contributed by atoms with Crippen molar-refractivity contribution in [1.82, 2.24) is 0 Å². The van der Waals surface area contributed by atoms with E-state index < -0.39 is 11.2 Å². The van der Waals surface area contributed by atoms with Gasteiger partial charge in [-0.3, -0.25) is 0 Å². The molecule has 0 radical (unpaired) electrons. The fourth-order valence-electron chi connectivity index (χ4n) is 4.54. The van der Waals surface area contributed by atoms with Gasteiger partial charge in [-0.25, -0.2) is 0 Å². The molecule has 0 spiro atoms. The Morgan fingerprint density at radius 3 is 1.47 bits per heavy atom. The first-order valence-electron chi connectivity index (χ1n) is 6.37. The highest BCUT2D eigenvalue weighted by Gasteiger charge is 2.58. The van der Waals surface area contributed by atoms with Crippen molar-refractivity contribution in [3.63, 3.8) is 0 Å². The molecule has 0 aromatic carbocycles. The second-order valence-corrected chi connectivity index (χ2v) is 6.52. The van der Waals surface area contributed by atoms with E-state index >= 15 is 0 Å². The minimum absolute atomic E-state index is 0.431. The standard InChI is InChI=1S/C13H22O2/c1-12(14)8-3-4-9-6-10(12)7-11(5-8)13(9,2)15/h8-11,14-15H,3-7H2,1-2H3/t8-,9-,10+,11+,12-,13-/m1/s1. The van der Waals surface area contributed by atoms with Crippen molar-refractivity contribution < 1.29 is 10.2 Å². The van der Waals surface area contributed by atoms with Crippen LogP contribution in [0.4, 0.5) is 0 Å². The first kappa shape index (κ1) is 10.1. The number of rotatable bonds is 0. The molecule has 0 saturated heterocycles. The molecule has 2 nitrogen and oxygen atoms in total. The van der Waals surface area contributed by atoms with Crippen molar-refractivity contribution in [2.24, 2.45) is 23.7 Å². The lowest BCUT2D eigenvalue weighted by Crippen LogP contribution is -2.56. The predicted octanol–water partition coefficient (Wildman–Crippen LogP) is 1.94. The minimum atomic E-state index is -0.457. The molecule has 4 aliphatic rings. The quantitative estimate of drug-likeness (QED) is 0.641. The molecule has 4 fully saturated rings. The summed E-state index contributed by atoms with van der Waals surface area (Å²) in [6.07, 6.45) is 5.33. The third kappa shape index (κ3) is 1.18. The van der Waals surface area contributed by atoms with Crippen molar-refractivity contribution in [3.8, 4) is 0 Å². The zero-order chi connectivity index (χ0) is 10.8. The van der Waals surface area contributed by atoms with Gasteiger partial charge in [0.25, 0.3) is 0 Å². The van der Waals surface area contributed by atoms with Crippen molar-refractivity contribution >= 4 is 0 Å². The predicted molar refractivity (Wildman–Crippen MR) is 58.3 cm³/mol. The van der Waals surface area contributed by atoms with Gasteiger partial charge in [-0.05, 0) is 69.6 Å². The van der Waals surface area contributed by atoms with Crippen LogP contribution in [0.25, 0.3) is 0 Å². The first-order valence-corrected chi connectivity index (χ1v) is 6.37. The monoisotopic (exact) mass is 210 g/mol. The number of hydrogen-bond donors (Lipinski definition) is 2. The van der Waals surface area contributed by atoms with Gasteiger partial charge in [-0.2, -0.15) is 0 Å². The van der Waals surface area contributed by atoms with Gasteiger partial charge in [-0.1, -0.05) is 0 Å². The van der Waals surface area contributed by atoms with Gasteiger partial charge in [0, 0.05) is 0 Å². The number of aliphatic hydroxyl groups is 2. The first-order chi connectivity index (χ1) is 6.92. The Kier molecular flexibility index (Phi) is 1.87. The molecule has 15 heavy (non-hydrogen) atoms. The van der Waals surface area contributed by atoms with E-state index in [0.29, 0.717) is 23.7 Å². The molecule has 4 rings (SSSR count). The van der Waals surface area contributed by atoms with Crippen molar-refractivity contribution in [3.05, 3.63) is 0 Å². The highest BCUT2D eigenvalue weighted by molar-refractivity contribution is 5.09. The molecule has 0 aliphatic heterocycles. The van der Waals surface area contributed by atoms with E-state index in [1.165, 1.54) is 0 Å². The summed E-state index contributed by atoms with van der Waals surface area (Å²) in [5.41, 5.74) is -0.913. The maximum atomic E-state index is 10.6. The van der Waals surface area contributed by atoms with E-state index in [1.54, 1.807) is 0 Å². The van der Waals surface area contributed by atoms with Crippen LogP contribution in [-0.4, -0.2) is 21.4 Å². The van der Waals surface area contributed by atoms with Gasteiger partial charge in [0.15, 0.2) is 0 Å². The minimum Gasteiger partial charge on any atom is -0.390 e. The Bertz CT molecular complexity index is 242. The lowest BCUT2D eigenvalue weighted by Gasteiger charge is -2.54. The normalized spacial score (nSPS) is 63.2. The van der Waals surface area contributed by atoms with E-state index in [1.807, 2.05) is 13.8 Å². The molecule has 4 aliphatic carbocycles. The molecule has 2 N–H and O–H groups in total. The Morgan fingerprint density at radius 2 is 1.07 bits per heavy atom.